The van der Waals surface area contributed by atoms with Crippen molar-refractivity contribution in [3.05, 3.63) is 101 Å². The Kier molecular flexibility index (Phi) is 9.00. The Morgan fingerprint density at radius 3 is 1.56 bits per heavy atom. The summed E-state index contributed by atoms with van der Waals surface area (Å²) in [7, 11) is 0. The number of carbonyl (C=O) groups is 2. The van der Waals surface area contributed by atoms with Crippen LogP contribution in [-0.2, 0) is 42.7 Å². The Hall–Kier alpha value is -3.35. The van der Waals surface area contributed by atoms with Crippen LogP contribution in [0.3, 0.4) is 0 Å². The van der Waals surface area contributed by atoms with Crippen molar-refractivity contribution in [1.82, 2.24) is 4.90 Å². The first-order chi connectivity index (χ1) is 19.8. The van der Waals surface area contributed by atoms with E-state index < -0.39 is 0 Å². The Labute approximate surface area is 248 Å². The fourth-order valence-corrected chi connectivity index (χ4v) is 5.73. The summed E-state index contributed by atoms with van der Waals surface area (Å²) < 4.78 is 10.9. The zero-order chi connectivity index (χ0) is 28.9. The minimum Gasteiger partial charge on any atom is -0.454 e. The van der Waals surface area contributed by atoms with Crippen molar-refractivity contribution < 1.29 is 19.1 Å². The molecule has 0 aromatic heterocycles. The van der Waals surface area contributed by atoms with Gasteiger partial charge in [0.1, 0.15) is 11.2 Å². The molecule has 0 unspecified atom stereocenters. The predicted octanol–water partition coefficient (Wildman–Crippen LogP) is 6.54. The number of benzene rings is 3. The second kappa shape index (κ2) is 12.7. The third kappa shape index (κ3) is 7.49. The summed E-state index contributed by atoms with van der Waals surface area (Å²) in [5.41, 5.74) is 5.25. The molecule has 7 heteroatoms. The normalized spacial score (nSPS) is 18.5. The van der Waals surface area contributed by atoms with Crippen LogP contribution in [0.4, 0.5) is 5.69 Å². The zero-order valence-electron chi connectivity index (χ0n) is 24.0. The van der Waals surface area contributed by atoms with E-state index in [1.807, 2.05) is 24.3 Å². The molecule has 3 aromatic carbocycles. The number of para-hydroxylation sites is 1. The number of nitrogens with zero attached hydrogens (tertiary/aromatic N) is 2. The van der Waals surface area contributed by atoms with Crippen LogP contribution in [0, 0.1) is 0 Å². The van der Waals surface area contributed by atoms with E-state index in [2.05, 4.69) is 64.4 Å². The standard InChI is InChI=1S/C22H26N2O2.C12H13ClO2/c1-18(25)26-22(11-12-22)20-9-7-19(8-10-20)17-23-13-15-24(16-14-23)21-5-3-2-4-6-21;1-9(14)15-12(6-7-12)11-4-2-10(8-13)3-5-11/h2-10H,11-17H2,1H3;2-5H,6-8H2,1H3. The molecule has 1 aliphatic heterocycles. The van der Waals surface area contributed by atoms with Crippen molar-refractivity contribution in [3.8, 4) is 0 Å². The highest BCUT2D eigenvalue weighted by molar-refractivity contribution is 6.17. The van der Waals surface area contributed by atoms with Crippen LogP contribution in [0.2, 0.25) is 0 Å². The maximum absolute atomic E-state index is 11.3. The van der Waals surface area contributed by atoms with Gasteiger partial charge in [-0.2, -0.15) is 0 Å². The summed E-state index contributed by atoms with van der Waals surface area (Å²) in [6.07, 6.45) is 3.72. The van der Waals surface area contributed by atoms with Gasteiger partial charge in [-0.1, -0.05) is 66.7 Å². The van der Waals surface area contributed by atoms with Crippen LogP contribution >= 0.6 is 11.6 Å². The van der Waals surface area contributed by atoms with Crippen molar-refractivity contribution >= 4 is 29.2 Å². The number of piperazine rings is 1. The minimum atomic E-state index is -0.342. The van der Waals surface area contributed by atoms with Crippen LogP contribution in [0.15, 0.2) is 78.9 Å². The fourth-order valence-electron chi connectivity index (χ4n) is 5.55. The topological polar surface area (TPSA) is 59.1 Å². The molecule has 0 amide bonds. The second-order valence-corrected chi connectivity index (χ2v) is 11.6. The molecule has 0 spiro atoms. The predicted molar refractivity (Wildman–Crippen MR) is 162 cm³/mol. The summed E-state index contributed by atoms with van der Waals surface area (Å²) in [6.45, 7) is 8.21. The third-order valence-corrected chi connectivity index (χ3v) is 8.41. The number of hydrogen-bond acceptors (Lipinski definition) is 6. The number of carbonyl (C=O) groups excluding carboxylic acids is 2. The van der Waals surface area contributed by atoms with Gasteiger partial charge >= 0.3 is 11.9 Å². The van der Waals surface area contributed by atoms with Crippen LogP contribution in [0.25, 0.3) is 0 Å². The molecular weight excluding hydrogens is 536 g/mol. The number of hydrogen-bond donors (Lipinski definition) is 0. The van der Waals surface area contributed by atoms with E-state index in [0.717, 1.165) is 75.1 Å². The van der Waals surface area contributed by atoms with Crippen molar-refractivity contribution in [2.75, 3.05) is 31.1 Å². The summed E-state index contributed by atoms with van der Waals surface area (Å²) in [4.78, 5) is 27.2. The quantitative estimate of drug-likeness (QED) is 0.225. The van der Waals surface area contributed by atoms with Gasteiger partial charge in [0.05, 0.1) is 0 Å². The average molecular weight is 575 g/mol. The van der Waals surface area contributed by atoms with E-state index in [4.69, 9.17) is 21.1 Å². The van der Waals surface area contributed by atoms with Crippen molar-refractivity contribution in [1.29, 1.82) is 0 Å². The number of alkyl halides is 1. The largest absolute Gasteiger partial charge is 0.454 e. The Balaban J connectivity index is 0.000000191. The number of ether oxygens (including phenoxy) is 2. The van der Waals surface area contributed by atoms with Gasteiger partial charge in [-0.15, -0.1) is 11.6 Å². The van der Waals surface area contributed by atoms with Crippen LogP contribution < -0.4 is 4.90 Å². The SMILES string of the molecule is CC(=O)OC1(c2ccc(CCl)cc2)CC1.CC(=O)OC1(c2ccc(CN3CCN(c4ccccc4)CC3)cc2)CC1. The zero-order valence-corrected chi connectivity index (χ0v) is 24.7. The van der Waals surface area contributed by atoms with Crippen molar-refractivity contribution in [2.45, 2.75) is 63.2 Å². The van der Waals surface area contributed by atoms with Gasteiger partial charge in [-0.3, -0.25) is 14.5 Å². The van der Waals surface area contributed by atoms with Gasteiger partial charge in [-0.25, -0.2) is 0 Å². The summed E-state index contributed by atoms with van der Waals surface area (Å²) in [5.74, 6) is 0.109. The number of anilines is 1. The number of esters is 2. The van der Waals surface area contributed by atoms with E-state index in [1.165, 1.54) is 25.1 Å². The van der Waals surface area contributed by atoms with E-state index in [1.54, 1.807) is 0 Å². The minimum absolute atomic E-state index is 0.192. The molecule has 6 nitrogen and oxygen atoms in total. The number of rotatable bonds is 8. The van der Waals surface area contributed by atoms with Crippen LogP contribution in [0.1, 0.15) is 61.8 Å². The molecule has 6 rings (SSSR count). The molecule has 1 heterocycles. The summed E-state index contributed by atoms with van der Waals surface area (Å²) >= 11 is 5.71. The van der Waals surface area contributed by atoms with Gasteiger partial charge in [0.15, 0.2) is 0 Å². The monoisotopic (exact) mass is 574 g/mol. The molecule has 3 aliphatic rings. The lowest BCUT2D eigenvalue weighted by molar-refractivity contribution is -0.150. The average Bonchev–Trinajstić information content (AvgIpc) is 3.92. The molecule has 216 valence electrons. The van der Waals surface area contributed by atoms with E-state index in [9.17, 15) is 9.59 Å². The van der Waals surface area contributed by atoms with Gasteiger partial charge in [0.2, 0.25) is 0 Å². The van der Waals surface area contributed by atoms with Gasteiger partial charge < -0.3 is 14.4 Å². The maximum Gasteiger partial charge on any atom is 0.303 e. The molecule has 2 saturated carbocycles. The summed E-state index contributed by atoms with van der Waals surface area (Å²) in [6, 6.07) is 27.2. The Morgan fingerprint density at radius 1 is 0.683 bits per heavy atom. The van der Waals surface area contributed by atoms with Crippen LogP contribution in [0.5, 0.6) is 0 Å². The van der Waals surface area contributed by atoms with Crippen LogP contribution in [-0.4, -0.2) is 43.0 Å². The fraction of sp³-hybridized carbons (Fsp3) is 0.412. The van der Waals surface area contributed by atoms with E-state index >= 15 is 0 Å². The molecule has 3 fully saturated rings. The first-order valence-electron chi connectivity index (χ1n) is 14.5. The Bertz CT molecular complexity index is 1310. The first-order valence-corrected chi connectivity index (χ1v) is 15.0. The molecule has 3 aromatic rings. The lowest BCUT2D eigenvalue weighted by atomic mass is 10.0. The summed E-state index contributed by atoms with van der Waals surface area (Å²) in [5, 5.41) is 0. The highest BCUT2D eigenvalue weighted by Crippen LogP contribution is 2.50. The highest BCUT2D eigenvalue weighted by Gasteiger charge is 2.48. The lowest BCUT2D eigenvalue weighted by Crippen LogP contribution is -2.45. The highest BCUT2D eigenvalue weighted by atomic mass is 35.5. The van der Waals surface area contributed by atoms with Gasteiger partial charge in [0, 0.05) is 58.1 Å². The van der Waals surface area contributed by atoms with E-state index in [-0.39, 0.29) is 23.1 Å². The molecular formula is C34H39ClN2O4. The molecule has 2 aliphatic carbocycles. The third-order valence-electron chi connectivity index (χ3n) is 8.10. The van der Waals surface area contributed by atoms with Crippen molar-refractivity contribution in [2.24, 2.45) is 0 Å². The van der Waals surface area contributed by atoms with E-state index in [0.29, 0.717) is 5.88 Å². The second-order valence-electron chi connectivity index (χ2n) is 11.3. The first kappa shape index (κ1) is 29.2. The molecule has 0 radical (unpaired) electrons. The van der Waals surface area contributed by atoms with Gasteiger partial charge in [-0.05, 0) is 60.1 Å². The lowest BCUT2D eigenvalue weighted by Gasteiger charge is -2.36. The Morgan fingerprint density at radius 2 is 1.15 bits per heavy atom. The molecule has 0 atom stereocenters. The maximum atomic E-state index is 11.3. The molecule has 0 N–H and O–H groups in total. The number of halogens is 1. The molecule has 1 saturated heterocycles. The van der Waals surface area contributed by atoms with Gasteiger partial charge in [0.25, 0.3) is 0 Å². The van der Waals surface area contributed by atoms with Crippen molar-refractivity contribution in [3.63, 3.8) is 0 Å². The molecule has 0 bridgehead atoms. The smallest absolute Gasteiger partial charge is 0.303 e. The molecule has 41 heavy (non-hydrogen) atoms.